The van der Waals surface area contributed by atoms with Gasteiger partial charge >= 0.3 is 0 Å². The minimum Gasteiger partial charge on any atom is -0.497 e. The predicted octanol–water partition coefficient (Wildman–Crippen LogP) is 2.07. The van der Waals surface area contributed by atoms with Gasteiger partial charge in [0.15, 0.2) is 0 Å². The van der Waals surface area contributed by atoms with Crippen LogP contribution in [0.15, 0.2) is 18.2 Å². The second-order valence-corrected chi connectivity index (χ2v) is 3.61. The van der Waals surface area contributed by atoms with Crippen molar-refractivity contribution < 1.29 is 14.6 Å². The van der Waals surface area contributed by atoms with E-state index in [1.54, 1.807) is 14.2 Å². The molecule has 1 rings (SSSR count). The molecule has 1 aromatic rings. The lowest BCUT2D eigenvalue weighted by Gasteiger charge is -2.19. The topological polar surface area (TPSA) is 38.7 Å². The summed E-state index contributed by atoms with van der Waals surface area (Å²) in [5, 5.41) is 9.97. The van der Waals surface area contributed by atoms with Gasteiger partial charge in [-0.2, -0.15) is 0 Å². The summed E-state index contributed by atoms with van der Waals surface area (Å²) in [6, 6.07) is 5.61. The number of benzene rings is 1. The number of hydrogen-bond donors (Lipinski definition) is 1. The maximum absolute atomic E-state index is 9.97. The van der Waals surface area contributed by atoms with Gasteiger partial charge in [-0.1, -0.05) is 6.07 Å². The molecule has 0 saturated heterocycles. The van der Waals surface area contributed by atoms with Gasteiger partial charge in [0.1, 0.15) is 11.9 Å². The molecule has 0 aliphatic rings. The molecule has 2 unspecified atom stereocenters. The van der Waals surface area contributed by atoms with Crippen molar-refractivity contribution in [3.63, 3.8) is 0 Å². The minimum atomic E-state index is -0.596. The first-order chi connectivity index (χ1) is 7.10. The largest absolute Gasteiger partial charge is 0.497 e. The highest BCUT2D eigenvalue weighted by atomic mass is 16.5. The Balaban J connectivity index is 2.95. The average Bonchev–Trinajstić information content (AvgIpc) is 2.26. The van der Waals surface area contributed by atoms with E-state index in [4.69, 9.17) is 9.47 Å². The third-order valence-electron chi connectivity index (χ3n) is 2.61. The monoisotopic (exact) mass is 210 g/mol. The van der Waals surface area contributed by atoms with E-state index >= 15 is 0 Å². The van der Waals surface area contributed by atoms with Gasteiger partial charge < -0.3 is 14.6 Å². The number of hydrogen-bond acceptors (Lipinski definition) is 3. The van der Waals surface area contributed by atoms with Gasteiger partial charge in [0.05, 0.1) is 13.2 Å². The van der Waals surface area contributed by atoms with Crippen molar-refractivity contribution in [2.75, 3.05) is 14.2 Å². The summed E-state index contributed by atoms with van der Waals surface area (Å²) in [4.78, 5) is 0. The Kier molecular flexibility index (Phi) is 4.12. The standard InChI is InChI=1S/C12H18O3/c1-8-7-10(15-4)5-6-11(8)12(13)9(2)14-3/h5-7,9,12-13H,1-4H3. The summed E-state index contributed by atoms with van der Waals surface area (Å²) in [6.45, 7) is 3.79. The van der Waals surface area contributed by atoms with Gasteiger partial charge in [-0.05, 0) is 37.1 Å². The molecule has 3 nitrogen and oxygen atoms in total. The lowest BCUT2D eigenvalue weighted by molar-refractivity contribution is -0.00175. The number of aryl methyl sites for hydroxylation is 1. The Morgan fingerprint density at radius 3 is 2.40 bits per heavy atom. The molecule has 0 amide bonds. The van der Waals surface area contributed by atoms with E-state index in [1.807, 2.05) is 32.0 Å². The van der Waals surface area contributed by atoms with Crippen molar-refractivity contribution >= 4 is 0 Å². The van der Waals surface area contributed by atoms with Crippen molar-refractivity contribution in [1.29, 1.82) is 0 Å². The fraction of sp³-hybridized carbons (Fsp3) is 0.500. The third-order valence-corrected chi connectivity index (χ3v) is 2.61. The molecule has 15 heavy (non-hydrogen) atoms. The fourth-order valence-electron chi connectivity index (χ4n) is 1.49. The first kappa shape index (κ1) is 12.0. The number of aliphatic hydroxyl groups excluding tert-OH is 1. The van der Waals surface area contributed by atoms with Crippen molar-refractivity contribution in [2.45, 2.75) is 26.1 Å². The normalized spacial score (nSPS) is 14.7. The summed E-state index contributed by atoms with van der Waals surface area (Å²) in [7, 11) is 3.22. The molecule has 0 heterocycles. The summed E-state index contributed by atoms with van der Waals surface area (Å²) in [5.41, 5.74) is 1.89. The Labute approximate surface area is 90.6 Å². The SMILES string of the molecule is COc1ccc(C(O)C(C)OC)c(C)c1. The van der Waals surface area contributed by atoms with E-state index in [0.29, 0.717) is 0 Å². The van der Waals surface area contributed by atoms with Crippen LogP contribution in [-0.2, 0) is 4.74 Å². The van der Waals surface area contributed by atoms with Gasteiger partial charge in [-0.15, -0.1) is 0 Å². The predicted molar refractivity (Wildman–Crippen MR) is 59.2 cm³/mol. The van der Waals surface area contributed by atoms with Gasteiger partial charge in [0, 0.05) is 7.11 Å². The average molecular weight is 210 g/mol. The summed E-state index contributed by atoms with van der Waals surface area (Å²) < 4.78 is 10.2. The van der Waals surface area contributed by atoms with Crippen molar-refractivity contribution in [3.8, 4) is 5.75 Å². The zero-order valence-electron chi connectivity index (χ0n) is 9.65. The third kappa shape index (κ3) is 2.70. The molecular formula is C12H18O3. The van der Waals surface area contributed by atoms with E-state index < -0.39 is 6.10 Å². The van der Waals surface area contributed by atoms with E-state index in [-0.39, 0.29) is 6.10 Å². The minimum absolute atomic E-state index is 0.211. The molecule has 1 aromatic carbocycles. The van der Waals surface area contributed by atoms with E-state index in [9.17, 15) is 5.11 Å². The second-order valence-electron chi connectivity index (χ2n) is 3.61. The second kappa shape index (κ2) is 5.14. The molecule has 0 fully saturated rings. The van der Waals surface area contributed by atoms with Crippen LogP contribution in [0.5, 0.6) is 5.75 Å². The van der Waals surface area contributed by atoms with Crippen LogP contribution >= 0.6 is 0 Å². The maximum atomic E-state index is 9.97. The van der Waals surface area contributed by atoms with Crippen LogP contribution in [0, 0.1) is 6.92 Å². The van der Waals surface area contributed by atoms with Crippen LogP contribution in [-0.4, -0.2) is 25.4 Å². The molecule has 84 valence electrons. The first-order valence-electron chi connectivity index (χ1n) is 4.95. The van der Waals surface area contributed by atoms with E-state index in [2.05, 4.69) is 0 Å². The van der Waals surface area contributed by atoms with E-state index in [0.717, 1.165) is 16.9 Å². The van der Waals surface area contributed by atoms with Crippen molar-refractivity contribution in [3.05, 3.63) is 29.3 Å². The fourth-order valence-corrected chi connectivity index (χ4v) is 1.49. The van der Waals surface area contributed by atoms with Gasteiger partial charge in [0.25, 0.3) is 0 Å². The molecular weight excluding hydrogens is 192 g/mol. The zero-order valence-corrected chi connectivity index (χ0v) is 9.65. The maximum Gasteiger partial charge on any atom is 0.119 e. The van der Waals surface area contributed by atoms with Gasteiger partial charge in [0.2, 0.25) is 0 Å². The molecule has 2 atom stereocenters. The van der Waals surface area contributed by atoms with Gasteiger partial charge in [-0.3, -0.25) is 0 Å². The van der Waals surface area contributed by atoms with Crippen LogP contribution < -0.4 is 4.74 Å². The molecule has 0 spiro atoms. The van der Waals surface area contributed by atoms with Crippen LogP contribution in [0.4, 0.5) is 0 Å². The van der Waals surface area contributed by atoms with E-state index in [1.165, 1.54) is 0 Å². The molecule has 0 aromatic heterocycles. The molecule has 0 radical (unpaired) electrons. The number of aliphatic hydroxyl groups is 1. The molecule has 3 heteroatoms. The highest BCUT2D eigenvalue weighted by Crippen LogP contribution is 2.25. The summed E-state index contributed by atoms with van der Waals surface area (Å²) >= 11 is 0. The number of ether oxygens (including phenoxy) is 2. The molecule has 0 aliphatic carbocycles. The highest BCUT2D eigenvalue weighted by Gasteiger charge is 2.17. The number of methoxy groups -OCH3 is 2. The Bertz CT molecular complexity index is 323. The van der Waals surface area contributed by atoms with Crippen LogP contribution in [0.2, 0.25) is 0 Å². The molecule has 1 N–H and O–H groups in total. The Morgan fingerprint density at radius 1 is 1.27 bits per heavy atom. The lowest BCUT2D eigenvalue weighted by Crippen LogP contribution is -2.17. The first-order valence-corrected chi connectivity index (χ1v) is 4.95. The highest BCUT2D eigenvalue weighted by molar-refractivity contribution is 5.36. The molecule has 0 aliphatic heterocycles. The quantitative estimate of drug-likeness (QED) is 0.826. The molecule has 0 bridgehead atoms. The Morgan fingerprint density at radius 2 is 1.93 bits per heavy atom. The van der Waals surface area contributed by atoms with Crippen LogP contribution in [0.25, 0.3) is 0 Å². The van der Waals surface area contributed by atoms with Gasteiger partial charge in [-0.25, -0.2) is 0 Å². The summed E-state index contributed by atoms with van der Waals surface area (Å²) in [6.07, 6.45) is -0.807. The zero-order chi connectivity index (χ0) is 11.4. The lowest BCUT2D eigenvalue weighted by atomic mass is 10.00. The smallest absolute Gasteiger partial charge is 0.119 e. The van der Waals surface area contributed by atoms with Crippen molar-refractivity contribution in [2.24, 2.45) is 0 Å². The number of rotatable bonds is 4. The van der Waals surface area contributed by atoms with Crippen LogP contribution in [0.1, 0.15) is 24.2 Å². The summed E-state index contributed by atoms with van der Waals surface area (Å²) in [5.74, 6) is 0.800. The van der Waals surface area contributed by atoms with Crippen LogP contribution in [0.3, 0.4) is 0 Å². The van der Waals surface area contributed by atoms with Crippen molar-refractivity contribution in [1.82, 2.24) is 0 Å². The molecule has 0 saturated carbocycles. The Hall–Kier alpha value is -1.06.